The zero-order valence-electron chi connectivity index (χ0n) is 8.41. The highest BCUT2D eigenvalue weighted by molar-refractivity contribution is 9.10. The minimum Gasteiger partial charge on any atom is -0.462 e. The molecule has 16 heavy (non-hydrogen) atoms. The van der Waals surface area contributed by atoms with Crippen molar-refractivity contribution in [2.45, 2.75) is 6.92 Å². The summed E-state index contributed by atoms with van der Waals surface area (Å²) in [6.07, 6.45) is 1.45. The van der Waals surface area contributed by atoms with Crippen molar-refractivity contribution >= 4 is 39.0 Å². The lowest BCUT2D eigenvalue weighted by atomic mass is 10.3. The number of nitrogens with zero attached hydrogens (tertiary/aromatic N) is 2. The van der Waals surface area contributed by atoms with Crippen LogP contribution in [0, 0.1) is 0 Å². The van der Waals surface area contributed by atoms with Gasteiger partial charge in [0.1, 0.15) is 10.7 Å². The molecule has 0 fully saturated rings. The van der Waals surface area contributed by atoms with E-state index in [2.05, 4.69) is 21.0 Å². The van der Waals surface area contributed by atoms with Gasteiger partial charge in [-0.2, -0.15) is 5.10 Å². The van der Waals surface area contributed by atoms with Crippen molar-refractivity contribution in [2.75, 3.05) is 6.61 Å². The minimum absolute atomic E-state index is 0.331. The van der Waals surface area contributed by atoms with Crippen LogP contribution in [0.5, 0.6) is 0 Å². The molecule has 2 heterocycles. The van der Waals surface area contributed by atoms with Crippen molar-refractivity contribution in [1.29, 1.82) is 0 Å². The molecule has 2 rings (SSSR count). The highest BCUT2D eigenvalue weighted by Gasteiger charge is 2.15. The van der Waals surface area contributed by atoms with E-state index in [1.54, 1.807) is 19.1 Å². The molecule has 0 aliphatic heterocycles. The molecular weight excluding hydrogens is 295 g/mol. The molecule has 6 heteroatoms. The summed E-state index contributed by atoms with van der Waals surface area (Å²) in [6, 6.07) is 3.47. The molecule has 0 bridgehead atoms. The maximum atomic E-state index is 11.6. The van der Waals surface area contributed by atoms with Crippen LogP contribution in [-0.4, -0.2) is 22.2 Å². The first-order valence-corrected chi connectivity index (χ1v) is 5.80. The fourth-order valence-corrected chi connectivity index (χ4v) is 2.20. The Balaban J connectivity index is 2.60. The first-order chi connectivity index (χ1) is 7.63. The Morgan fingerprint density at radius 2 is 2.38 bits per heavy atom. The molecule has 0 aromatic carbocycles. The standard InChI is InChI=1S/C10H8BrClN2O2/c1-2-16-10(15)7-5-13-14-8(7)3-6(11)4-9(14)12/h3-5H,2H2,1H3. The Hall–Kier alpha value is -1.07. The number of hydrogen-bond donors (Lipinski definition) is 0. The number of pyridine rings is 1. The average molecular weight is 304 g/mol. The van der Waals surface area contributed by atoms with Crippen LogP contribution in [0.2, 0.25) is 5.15 Å². The van der Waals surface area contributed by atoms with E-state index in [4.69, 9.17) is 16.3 Å². The van der Waals surface area contributed by atoms with Gasteiger partial charge in [0, 0.05) is 4.47 Å². The molecule has 84 valence electrons. The summed E-state index contributed by atoms with van der Waals surface area (Å²) in [7, 11) is 0. The number of aromatic nitrogens is 2. The van der Waals surface area contributed by atoms with Crippen molar-refractivity contribution in [3.05, 3.63) is 33.5 Å². The number of esters is 1. The van der Waals surface area contributed by atoms with Crippen LogP contribution in [-0.2, 0) is 4.74 Å². The van der Waals surface area contributed by atoms with Gasteiger partial charge in [0.25, 0.3) is 0 Å². The zero-order chi connectivity index (χ0) is 11.7. The molecule has 0 aliphatic carbocycles. The third-order valence-electron chi connectivity index (χ3n) is 2.04. The van der Waals surface area contributed by atoms with Crippen LogP contribution in [0.3, 0.4) is 0 Å². The normalized spacial score (nSPS) is 10.7. The molecule has 2 aromatic rings. The summed E-state index contributed by atoms with van der Waals surface area (Å²) in [4.78, 5) is 11.6. The van der Waals surface area contributed by atoms with Gasteiger partial charge in [-0.15, -0.1) is 0 Å². The third kappa shape index (κ3) is 1.92. The van der Waals surface area contributed by atoms with E-state index >= 15 is 0 Å². The Morgan fingerprint density at radius 3 is 3.06 bits per heavy atom. The molecule has 0 saturated heterocycles. The monoisotopic (exact) mass is 302 g/mol. The molecule has 4 nitrogen and oxygen atoms in total. The Bertz CT molecular complexity index is 553. The fourth-order valence-electron chi connectivity index (χ4n) is 1.38. The first-order valence-electron chi connectivity index (χ1n) is 4.63. The number of rotatable bonds is 2. The summed E-state index contributed by atoms with van der Waals surface area (Å²) in [6.45, 7) is 2.09. The van der Waals surface area contributed by atoms with Crippen molar-refractivity contribution in [2.24, 2.45) is 0 Å². The van der Waals surface area contributed by atoms with Crippen molar-refractivity contribution in [3.8, 4) is 0 Å². The van der Waals surface area contributed by atoms with Gasteiger partial charge in [0.05, 0.1) is 18.3 Å². The topological polar surface area (TPSA) is 43.6 Å². The van der Waals surface area contributed by atoms with Gasteiger partial charge in [-0.3, -0.25) is 0 Å². The molecule has 2 aromatic heterocycles. The Morgan fingerprint density at radius 1 is 1.62 bits per heavy atom. The largest absolute Gasteiger partial charge is 0.462 e. The van der Waals surface area contributed by atoms with E-state index < -0.39 is 5.97 Å². The summed E-state index contributed by atoms with van der Waals surface area (Å²) in [5.74, 6) is -0.397. The second-order valence-corrected chi connectivity index (χ2v) is 4.37. The molecule has 0 radical (unpaired) electrons. The van der Waals surface area contributed by atoms with Crippen molar-refractivity contribution in [1.82, 2.24) is 9.61 Å². The lowest BCUT2D eigenvalue weighted by Gasteiger charge is -2.01. The van der Waals surface area contributed by atoms with Crippen LogP contribution >= 0.6 is 27.5 Å². The number of halogens is 2. The van der Waals surface area contributed by atoms with E-state index in [1.807, 2.05) is 0 Å². The van der Waals surface area contributed by atoms with E-state index in [0.717, 1.165) is 4.47 Å². The summed E-state index contributed by atoms with van der Waals surface area (Å²) in [5.41, 5.74) is 1.03. The quantitative estimate of drug-likeness (QED) is 0.633. The van der Waals surface area contributed by atoms with Gasteiger partial charge in [0.15, 0.2) is 0 Å². The van der Waals surface area contributed by atoms with Crippen molar-refractivity contribution in [3.63, 3.8) is 0 Å². The number of carbonyl (C=O) groups is 1. The Labute approximate surface area is 105 Å². The van der Waals surface area contributed by atoms with Gasteiger partial charge in [-0.05, 0) is 19.1 Å². The number of hydrogen-bond acceptors (Lipinski definition) is 3. The van der Waals surface area contributed by atoms with Crippen LogP contribution in [0.25, 0.3) is 5.52 Å². The van der Waals surface area contributed by atoms with Gasteiger partial charge in [-0.25, -0.2) is 9.31 Å². The van der Waals surface area contributed by atoms with Crippen LogP contribution in [0.4, 0.5) is 0 Å². The van der Waals surface area contributed by atoms with Gasteiger partial charge in [0.2, 0.25) is 0 Å². The van der Waals surface area contributed by atoms with E-state index in [1.165, 1.54) is 10.7 Å². The lowest BCUT2D eigenvalue weighted by molar-refractivity contribution is 0.0528. The molecule has 0 aliphatic rings. The molecule has 0 unspecified atom stereocenters. The lowest BCUT2D eigenvalue weighted by Crippen LogP contribution is -2.04. The predicted molar refractivity (Wildman–Crippen MR) is 63.9 cm³/mol. The smallest absolute Gasteiger partial charge is 0.341 e. The highest BCUT2D eigenvalue weighted by Crippen LogP contribution is 2.22. The van der Waals surface area contributed by atoms with Gasteiger partial charge >= 0.3 is 5.97 Å². The summed E-state index contributed by atoms with van der Waals surface area (Å²) < 4.78 is 7.20. The van der Waals surface area contributed by atoms with Crippen LogP contribution in [0.1, 0.15) is 17.3 Å². The predicted octanol–water partition coefficient (Wildman–Crippen LogP) is 2.93. The second kappa shape index (κ2) is 4.43. The highest BCUT2D eigenvalue weighted by atomic mass is 79.9. The molecule has 0 spiro atoms. The second-order valence-electron chi connectivity index (χ2n) is 3.07. The average Bonchev–Trinajstić information content (AvgIpc) is 2.61. The van der Waals surface area contributed by atoms with Crippen molar-refractivity contribution < 1.29 is 9.53 Å². The number of ether oxygens (including phenoxy) is 1. The van der Waals surface area contributed by atoms with Crippen LogP contribution in [0.15, 0.2) is 22.8 Å². The fraction of sp³-hybridized carbons (Fsp3) is 0.200. The SMILES string of the molecule is CCOC(=O)c1cnn2c(Cl)cc(Br)cc12. The van der Waals surface area contributed by atoms with Crippen LogP contribution < -0.4 is 0 Å². The van der Waals surface area contributed by atoms with Gasteiger partial charge < -0.3 is 4.74 Å². The van der Waals surface area contributed by atoms with Gasteiger partial charge in [-0.1, -0.05) is 27.5 Å². The zero-order valence-corrected chi connectivity index (χ0v) is 10.7. The number of fused-ring (bicyclic) bond motifs is 1. The minimum atomic E-state index is -0.397. The van der Waals surface area contributed by atoms with E-state index in [0.29, 0.717) is 22.8 Å². The summed E-state index contributed by atoms with van der Waals surface area (Å²) >= 11 is 9.29. The maximum absolute atomic E-state index is 11.6. The van der Waals surface area contributed by atoms with E-state index in [9.17, 15) is 4.79 Å². The number of carbonyl (C=O) groups excluding carboxylic acids is 1. The first kappa shape index (κ1) is 11.4. The van der Waals surface area contributed by atoms with E-state index in [-0.39, 0.29) is 0 Å². The molecule has 0 amide bonds. The molecule has 0 N–H and O–H groups in total. The molecule has 0 atom stereocenters. The molecule has 0 saturated carbocycles. The maximum Gasteiger partial charge on any atom is 0.341 e. The molecular formula is C10H8BrClN2O2. The third-order valence-corrected chi connectivity index (χ3v) is 2.76. The Kier molecular flexibility index (Phi) is 3.16. The summed E-state index contributed by atoms with van der Waals surface area (Å²) in [5, 5.41) is 4.46.